The Bertz CT molecular complexity index is 2010. The van der Waals surface area contributed by atoms with Gasteiger partial charge in [-0.15, -0.1) is 11.3 Å². The van der Waals surface area contributed by atoms with Crippen LogP contribution in [0.1, 0.15) is 101 Å². The molecule has 10 heteroatoms. The van der Waals surface area contributed by atoms with Crippen LogP contribution in [0.3, 0.4) is 0 Å². The van der Waals surface area contributed by atoms with E-state index in [9.17, 15) is 9.90 Å². The van der Waals surface area contributed by atoms with Gasteiger partial charge in [-0.3, -0.25) is 4.68 Å². The Labute approximate surface area is 290 Å². The van der Waals surface area contributed by atoms with E-state index in [4.69, 9.17) is 31.4 Å². The molecule has 0 amide bonds. The van der Waals surface area contributed by atoms with Crippen LogP contribution in [-0.4, -0.2) is 60.5 Å². The summed E-state index contributed by atoms with van der Waals surface area (Å²) in [6, 6.07) is 15.0. The molecular weight excluding hydrogens is 642 g/mol. The SMILES string of the molecule is Cc1cc2nc(-c3ccc4c(n3)c(C3CCN(C5CCC5)CC3)nn4C3CC3)sc2c(-c2ccc(Cl)cc2)c1[C@H](OC(C)(C)C)C(=O)O. The zero-order valence-corrected chi connectivity index (χ0v) is 29.6. The minimum absolute atomic E-state index is 0.402. The van der Waals surface area contributed by atoms with E-state index in [0.717, 1.165) is 86.3 Å². The van der Waals surface area contributed by atoms with Crippen LogP contribution in [0.5, 0.6) is 0 Å². The molecule has 0 unspecified atom stereocenters. The van der Waals surface area contributed by atoms with Gasteiger partial charge in [-0.05, 0) is 121 Å². The van der Waals surface area contributed by atoms with Gasteiger partial charge >= 0.3 is 5.97 Å². The van der Waals surface area contributed by atoms with E-state index < -0.39 is 17.7 Å². The molecule has 0 bridgehead atoms. The largest absolute Gasteiger partial charge is 0.479 e. The van der Waals surface area contributed by atoms with Crippen molar-refractivity contribution in [3.63, 3.8) is 0 Å². The van der Waals surface area contributed by atoms with Crippen molar-refractivity contribution in [3.05, 3.63) is 64.3 Å². The molecular formula is C38H42ClN5O3S. The lowest BCUT2D eigenvalue weighted by molar-refractivity contribution is -0.160. The maximum Gasteiger partial charge on any atom is 0.337 e. The van der Waals surface area contributed by atoms with Crippen molar-refractivity contribution in [1.82, 2.24) is 24.6 Å². The maximum absolute atomic E-state index is 12.8. The minimum atomic E-state index is -1.16. The Morgan fingerprint density at radius 2 is 1.73 bits per heavy atom. The van der Waals surface area contributed by atoms with Gasteiger partial charge in [-0.2, -0.15) is 5.10 Å². The molecule has 8 rings (SSSR count). The Morgan fingerprint density at radius 1 is 1.00 bits per heavy atom. The number of aryl methyl sites for hydroxylation is 1. The van der Waals surface area contributed by atoms with Crippen LogP contribution in [-0.2, 0) is 9.53 Å². The molecule has 4 heterocycles. The van der Waals surface area contributed by atoms with E-state index in [2.05, 4.69) is 21.7 Å². The normalized spacial score (nSPS) is 18.9. The van der Waals surface area contributed by atoms with Crippen LogP contribution in [0.25, 0.3) is 43.1 Å². The number of benzene rings is 2. The molecule has 1 atom stereocenters. The van der Waals surface area contributed by atoms with Gasteiger partial charge in [0.2, 0.25) is 0 Å². The van der Waals surface area contributed by atoms with Gasteiger partial charge in [0.25, 0.3) is 0 Å². The molecule has 2 aromatic carbocycles. The third kappa shape index (κ3) is 5.93. The molecule has 0 spiro atoms. The van der Waals surface area contributed by atoms with E-state index in [1.807, 2.05) is 58.0 Å². The van der Waals surface area contributed by atoms with Gasteiger partial charge in [0.05, 0.1) is 38.8 Å². The first-order valence-corrected chi connectivity index (χ1v) is 18.5. The van der Waals surface area contributed by atoms with Crippen LogP contribution >= 0.6 is 22.9 Å². The first-order valence-electron chi connectivity index (χ1n) is 17.3. The topological polar surface area (TPSA) is 93.4 Å². The van der Waals surface area contributed by atoms with Gasteiger partial charge in [-0.1, -0.05) is 30.2 Å². The molecule has 3 aliphatic rings. The molecule has 3 fully saturated rings. The lowest BCUT2D eigenvalue weighted by atomic mass is 9.86. The molecule has 1 aliphatic heterocycles. The van der Waals surface area contributed by atoms with E-state index in [-0.39, 0.29) is 0 Å². The molecule has 48 heavy (non-hydrogen) atoms. The predicted octanol–water partition coefficient (Wildman–Crippen LogP) is 9.34. The average molecular weight is 684 g/mol. The quantitative estimate of drug-likeness (QED) is 0.174. The number of ether oxygens (including phenoxy) is 1. The van der Waals surface area contributed by atoms with Crippen molar-refractivity contribution in [2.24, 2.45) is 0 Å². The average Bonchev–Trinajstić information content (AvgIpc) is 3.67. The highest BCUT2D eigenvalue weighted by Crippen LogP contribution is 2.45. The predicted molar refractivity (Wildman–Crippen MR) is 192 cm³/mol. The number of likely N-dealkylation sites (tertiary alicyclic amines) is 1. The number of carboxylic acid groups (broad SMARTS) is 1. The zero-order valence-electron chi connectivity index (χ0n) is 28.0. The fraction of sp³-hybridized carbons (Fsp3) is 0.474. The summed E-state index contributed by atoms with van der Waals surface area (Å²) < 4.78 is 9.33. The van der Waals surface area contributed by atoms with Gasteiger partial charge in [0.15, 0.2) is 6.10 Å². The van der Waals surface area contributed by atoms with Crippen LogP contribution < -0.4 is 0 Å². The molecule has 5 aromatic rings. The number of aliphatic carboxylic acids is 1. The van der Waals surface area contributed by atoms with Gasteiger partial charge < -0.3 is 14.7 Å². The number of halogens is 1. The lowest BCUT2D eigenvalue weighted by Crippen LogP contribution is -2.44. The fourth-order valence-corrected chi connectivity index (χ4v) is 8.69. The van der Waals surface area contributed by atoms with Crippen molar-refractivity contribution in [1.29, 1.82) is 0 Å². The molecule has 2 aliphatic carbocycles. The number of hydrogen-bond donors (Lipinski definition) is 1. The van der Waals surface area contributed by atoms with Crippen molar-refractivity contribution < 1.29 is 14.6 Å². The van der Waals surface area contributed by atoms with Crippen LogP contribution in [0.2, 0.25) is 5.02 Å². The van der Waals surface area contributed by atoms with E-state index in [1.54, 1.807) is 11.3 Å². The third-order valence-corrected chi connectivity index (χ3v) is 11.6. The number of thiazole rings is 1. The standard InChI is InChI=1S/C38H42ClN5O3S/c1-21-20-28-35(31(22-8-10-24(39)11-9-22)30(21)34(37(45)46)47-38(2,3)4)48-36(41-28)27-14-15-29-33(40-27)32(42-44(29)26-12-13-26)23-16-18-43(19-17-23)25-6-5-7-25/h8-11,14-15,20,23,25-26,34H,5-7,12-13,16-19H2,1-4H3,(H,45,46)/t34-/m0/s1. The number of hydrogen-bond acceptors (Lipinski definition) is 7. The molecule has 250 valence electrons. The number of rotatable bonds is 8. The first-order chi connectivity index (χ1) is 23.0. The highest BCUT2D eigenvalue weighted by Gasteiger charge is 2.35. The van der Waals surface area contributed by atoms with Crippen LogP contribution in [0.4, 0.5) is 0 Å². The number of fused-ring (bicyclic) bond motifs is 2. The van der Waals surface area contributed by atoms with Crippen LogP contribution in [0, 0.1) is 6.92 Å². The fourth-order valence-electron chi connectivity index (χ4n) is 7.47. The summed E-state index contributed by atoms with van der Waals surface area (Å²) in [5.41, 5.74) is 7.32. The first kappa shape index (κ1) is 31.9. The number of piperidine rings is 1. The molecule has 3 aromatic heterocycles. The van der Waals surface area contributed by atoms with E-state index in [1.165, 1.54) is 32.1 Å². The smallest absolute Gasteiger partial charge is 0.337 e. The summed E-state index contributed by atoms with van der Waals surface area (Å²) in [6.45, 7) is 9.84. The van der Waals surface area contributed by atoms with E-state index in [0.29, 0.717) is 22.5 Å². The molecule has 1 saturated heterocycles. The van der Waals surface area contributed by atoms with Gasteiger partial charge in [-0.25, -0.2) is 14.8 Å². The Balaban J connectivity index is 1.24. The van der Waals surface area contributed by atoms with E-state index >= 15 is 0 Å². The Morgan fingerprint density at radius 3 is 2.35 bits per heavy atom. The second-order valence-corrected chi connectivity index (χ2v) is 16.3. The van der Waals surface area contributed by atoms with Crippen molar-refractivity contribution in [2.75, 3.05) is 13.1 Å². The Hall–Kier alpha value is -3.37. The molecule has 8 nitrogen and oxygen atoms in total. The number of pyridine rings is 1. The van der Waals surface area contributed by atoms with Gasteiger partial charge in [0.1, 0.15) is 10.5 Å². The number of nitrogens with zero attached hydrogens (tertiary/aromatic N) is 5. The molecule has 0 radical (unpaired) electrons. The van der Waals surface area contributed by atoms with Crippen LogP contribution in [0.15, 0.2) is 42.5 Å². The number of carbonyl (C=O) groups is 1. The summed E-state index contributed by atoms with van der Waals surface area (Å²) in [5.74, 6) is -0.627. The highest BCUT2D eigenvalue weighted by molar-refractivity contribution is 7.22. The highest BCUT2D eigenvalue weighted by atomic mass is 35.5. The summed E-state index contributed by atoms with van der Waals surface area (Å²) in [4.78, 5) is 25.9. The Kier molecular flexibility index (Phi) is 8.10. The zero-order chi connectivity index (χ0) is 33.3. The third-order valence-electron chi connectivity index (χ3n) is 10.2. The van der Waals surface area contributed by atoms with Crippen molar-refractivity contribution in [3.8, 4) is 21.8 Å². The number of aromatic nitrogens is 4. The second-order valence-electron chi connectivity index (χ2n) is 14.8. The monoisotopic (exact) mass is 683 g/mol. The number of carboxylic acids is 1. The van der Waals surface area contributed by atoms with Crippen molar-refractivity contribution >= 4 is 50.2 Å². The summed E-state index contributed by atoms with van der Waals surface area (Å²) in [5, 5.41) is 17.1. The lowest BCUT2D eigenvalue weighted by Gasteiger charge is -2.41. The second kappa shape index (κ2) is 12.2. The minimum Gasteiger partial charge on any atom is -0.479 e. The summed E-state index contributed by atoms with van der Waals surface area (Å²) in [6.07, 6.45) is 7.47. The summed E-state index contributed by atoms with van der Waals surface area (Å²) in [7, 11) is 0. The van der Waals surface area contributed by atoms with Gasteiger partial charge in [0, 0.05) is 28.1 Å². The van der Waals surface area contributed by atoms with Crippen molar-refractivity contribution in [2.45, 2.75) is 102 Å². The molecule has 2 saturated carbocycles. The summed E-state index contributed by atoms with van der Waals surface area (Å²) >= 11 is 7.84. The maximum atomic E-state index is 12.8. The molecule has 1 N–H and O–H groups in total.